The molecule has 1 saturated carbocycles. The third kappa shape index (κ3) is 3.21. The zero-order valence-electron chi connectivity index (χ0n) is 13.5. The van der Waals surface area contributed by atoms with Crippen molar-refractivity contribution in [3.8, 4) is 0 Å². The first-order chi connectivity index (χ1) is 12.2. The largest absolute Gasteiger partial charge is 0.270 e. The number of nitrogens with one attached hydrogen (secondary N) is 2. The van der Waals surface area contributed by atoms with Gasteiger partial charge >= 0.3 is 0 Å². The van der Waals surface area contributed by atoms with Gasteiger partial charge in [0.1, 0.15) is 0 Å². The van der Waals surface area contributed by atoms with Gasteiger partial charge < -0.3 is 0 Å². The zero-order valence-corrected chi connectivity index (χ0v) is 13.5. The van der Waals surface area contributed by atoms with Gasteiger partial charge in [-0.1, -0.05) is 36.4 Å². The molecule has 2 amide bonds. The van der Waals surface area contributed by atoms with Crippen molar-refractivity contribution in [2.24, 2.45) is 0 Å². The second-order valence-electron chi connectivity index (χ2n) is 6.16. The zero-order chi connectivity index (χ0) is 17.2. The molecule has 0 unspecified atom stereocenters. The Balaban J connectivity index is 1.58. The molecule has 3 aromatic rings. The summed E-state index contributed by atoms with van der Waals surface area (Å²) in [6.45, 7) is 0. The van der Waals surface area contributed by atoms with E-state index >= 15 is 0 Å². The lowest BCUT2D eigenvalue weighted by atomic mass is 10.1. The molecule has 0 saturated heterocycles. The number of hydrogen-bond donors (Lipinski definition) is 2. The molecule has 124 valence electrons. The molecule has 0 spiro atoms. The minimum atomic E-state index is -0.352. The van der Waals surface area contributed by atoms with Crippen LogP contribution in [0.2, 0.25) is 0 Å². The van der Waals surface area contributed by atoms with Crippen LogP contribution in [0.5, 0.6) is 0 Å². The van der Waals surface area contributed by atoms with Crippen molar-refractivity contribution in [3.63, 3.8) is 0 Å². The fourth-order valence-electron chi connectivity index (χ4n) is 2.81. The molecule has 2 aromatic carbocycles. The van der Waals surface area contributed by atoms with Crippen molar-refractivity contribution in [1.82, 2.24) is 15.8 Å². The Hall–Kier alpha value is -3.21. The number of carbonyl (C=O) groups is 2. The topological polar surface area (TPSA) is 71.1 Å². The number of hydrazine groups is 1. The molecule has 0 aliphatic heterocycles. The van der Waals surface area contributed by atoms with Crippen molar-refractivity contribution in [3.05, 3.63) is 77.5 Å². The van der Waals surface area contributed by atoms with E-state index in [1.165, 1.54) is 0 Å². The Bertz CT molecular complexity index is 950. The van der Waals surface area contributed by atoms with Gasteiger partial charge in [-0.15, -0.1) is 0 Å². The summed E-state index contributed by atoms with van der Waals surface area (Å²) in [4.78, 5) is 29.4. The molecule has 5 heteroatoms. The molecule has 0 radical (unpaired) electrons. The van der Waals surface area contributed by atoms with Gasteiger partial charge in [0.15, 0.2) is 0 Å². The van der Waals surface area contributed by atoms with E-state index in [0.717, 1.165) is 29.4 Å². The highest BCUT2D eigenvalue weighted by molar-refractivity contribution is 6.07. The van der Waals surface area contributed by atoms with Gasteiger partial charge in [0.25, 0.3) is 11.8 Å². The quantitative estimate of drug-likeness (QED) is 0.724. The summed E-state index contributed by atoms with van der Waals surface area (Å²) in [5, 5.41) is 0.776. The van der Waals surface area contributed by atoms with Crippen LogP contribution in [0.4, 0.5) is 0 Å². The fourth-order valence-corrected chi connectivity index (χ4v) is 2.81. The second-order valence-corrected chi connectivity index (χ2v) is 6.16. The maximum absolute atomic E-state index is 12.6. The molecule has 25 heavy (non-hydrogen) atoms. The first-order valence-corrected chi connectivity index (χ1v) is 8.28. The maximum atomic E-state index is 12.6. The van der Waals surface area contributed by atoms with E-state index in [0.29, 0.717) is 17.0 Å². The predicted octanol–water partition coefficient (Wildman–Crippen LogP) is 3.19. The van der Waals surface area contributed by atoms with Gasteiger partial charge in [-0.3, -0.25) is 25.4 Å². The number of rotatable bonds is 3. The van der Waals surface area contributed by atoms with E-state index in [-0.39, 0.29) is 11.8 Å². The number of nitrogens with zero attached hydrogens (tertiary/aromatic N) is 1. The normalized spacial score (nSPS) is 13.4. The molecule has 1 aliphatic carbocycles. The van der Waals surface area contributed by atoms with E-state index < -0.39 is 0 Å². The summed E-state index contributed by atoms with van der Waals surface area (Å²) in [5.41, 5.74) is 7.73. The lowest BCUT2D eigenvalue weighted by Crippen LogP contribution is -2.41. The van der Waals surface area contributed by atoms with Crippen LogP contribution < -0.4 is 10.9 Å². The molecular formula is C20H17N3O2. The summed E-state index contributed by atoms with van der Waals surface area (Å²) < 4.78 is 0. The van der Waals surface area contributed by atoms with Crippen molar-refractivity contribution < 1.29 is 9.59 Å². The van der Waals surface area contributed by atoms with Gasteiger partial charge in [-0.2, -0.15) is 0 Å². The van der Waals surface area contributed by atoms with Gasteiger partial charge in [0, 0.05) is 22.6 Å². The number of carbonyl (C=O) groups excluding carboxylic acids is 2. The van der Waals surface area contributed by atoms with Crippen LogP contribution in [-0.2, 0) is 0 Å². The van der Waals surface area contributed by atoms with Gasteiger partial charge in [-0.05, 0) is 37.1 Å². The Morgan fingerprint density at radius 2 is 1.56 bits per heavy atom. The lowest BCUT2D eigenvalue weighted by Gasteiger charge is -2.11. The van der Waals surface area contributed by atoms with E-state index in [1.807, 2.05) is 36.4 Å². The monoisotopic (exact) mass is 331 g/mol. The summed E-state index contributed by atoms with van der Waals surface area (Å²) in [6.07, 6.45) is 2.22. The molecule has 4 rings (SSSR count). The number of hydrogen-bond acceptors (Lipinski definition) is 3. The highest BCUT2D eigenvalue weighted by Crippen LogP contribution is 2.40. The van der Waals surface area contributed by atoms with Crippen LogP contribution in [0.1, 0.15) is 45.2 Å². The molecule has 1 fully saturated rings. The molecular weight excluding hydrogens is 314 g/mol. The highest BCUT2D eigenvalue weighted by atomic mass is 16.2. The van der Waals surface area contributed by atoms with Crippen molar-refractivity contribution in [1.29, 1.82) is 0 Å². The van der Waals surface area contributed by atoms with Crippen LogP contribution in [0.15, 0.2) is 60.7 Å². The summed E-state index contributed by atoms with van der Waals surface area (Å²) in [6, 6.07) is 18.1. The van der Waals surface area contributed by atoms with Gasteiger partial charge in [0.2, 0.25) is 0 Å². The van der Waals surface area contributed by atoms with E-state index in [9.17, 15) is 9.59 Å². The van der Waals surface area contributed by atoms with Crippen LogP contribution in [0.25, 0.3) is 10.9 Å². The lowest BCUT2D eigenvalue weighted by molar-refractivity contribution is 0.0847. The molecule has 5 nitrogen and oxygen atoms in total. The minimum Gasteiger partial charge on any atom is -0.267 e. The molecule has 1 aliphatic rings. The second kappa shape index (κ2) is 6.36. The van der Waals surface area contributed by atoms with Crippen molar-refractivity contribution in [2.45, 2.75) is 18.8 Å². The smallest absolute Gasteiger partial charge is 0.267 e. The molecule has 1 aromatic heterocycles. The van der Waals surface area contributed by atoms with Crippen LogP contribution >= 0.6 is 0 Å². The number of aromatic nitrogens is 1. The maximum Gasteiger partial charge on any atom is 0.270 e. The van der Waals surface area contributed by atoms with Crippen molar-refractivity contribution in [2.75, 3.05) is 0 Å². The fraction of sp³-hybridized carbons (Fsp3) is 0.150. The Labute approximate surface area is 145 Å². The summed E-state index contributed by atoms with van der Waals surface area (Å²) in [5.74, 6) is -0.255. The van der Waals surface area contributed by atoms with E-state index in [2.05, 4.69) is 15.8 Å². The third-order valence-corrected chi connectivity index (χ3v) is 4.30. The van der Waals surface area contributed by atoms with Gasteiger partial charge in [-0.25, -0.2) is 0 Å². The average Bonchev–Trinajstić information content (AvgIpc) is 3.51. The summed E-state index contributed by atoms with van der Waals surface area (Å²) in [7, 11) is 0. The molecule has 1 heterocycles. The average molecular weight is 331 g/mol. The number of para-hydroxylation sites is 1. The number of pyridine rings is 1. The Kier molecular flexibility index (Phi) is 3.90. The SMILES string of the molecule is O=C(NNC(=O)c1cc(C2CC2)nc2ccccc12)c1ccccc1. The molecule has 0 bridgehead atoms. The van der Waals surface area contributed by atoms with E-state index in [1.54, 1.807) is 24.3 Å². The molecule has 0 atom stereocenters. The minimum absolute atomic E-state index is 0.343. The van der Waals surface area contributed by atoms with Crippen LogP contribution in [0.3, 0.4) is 0 Å². The Morgan fingerprint density at radius 1 is 0.880 bits per heavy atom. The van der Waals surface area contributed by atoms with E-state index in [4.69, 9.17) is 0 Å². The van der Waals surface area contributed by atoms with Crippen LogP contribution in [0, 0.1) is 0 Å². The van der Waals surface area contributed by atoms with Gasteiger partial charge in [0.05, 0.1) is 11.1 Å². The first kappa shape index (κ1) is 15.3. The van der Waals surface area contributed by atoms with Crippen LogP contribution in [-0.4, -0.2) is 16.8 Å². The predicted molar refractivity (Wildman–Crippen MR) is 95.1 cm³/mol. The number of benzene rings is 2. The Morgan fingerprint density at radius 3 is 2.32 bits per heavy atom. The molecule has 2 N–H and O–H groups in total. The first-order valence-electron chi connectivity index (χ1n) is 8.28. The third-order valence-electron chi connectivity index (χ3n) is 4.30. The highest BCUT2D eigenvalue weighted by Gasteiger charge is 2.27. The standard InChI is InChI=1S/C20H17N3O2/c24-19(14-6-2-1-3-7-14)22-23-20(25)16-12-18(13-10-11-13)21-17-9-5-4-8-15(16)17/h1-9,12-13H,10-11H2,(H,22,24)(H,23,25). The number of fused-ring (bicyclic) bond motifs is 1. The van der Waals surface area contributed by atoms with Crippen molar-refractivity contribution >= 4 is 22.7 Å². The number of amides is 2. The summed E-state index contributed by atoms with van der Waals surface area (Å²) >= 11 is 0.